The lowest BCUT2D eigenvalue weighted by Gasteiger charge is -2.29. The molecule has 8 nitrogen and oxygen atoms in total. The Labute approximate surface area is 200 Å². The lowest BCUT2D eigenvalue weighted by atomic mass is 9.84. The number of rotatable bonds is 5. The Hall–Kier alpha value is -4.27. The number of nitrogens with zero attached hydrogens (tertiary/aromatic N) is 3. The fourth-order valence-electron chi connectivity index (χ4n) is 4.62. The van der Waals surface area contributed by atoms with Crippen molar-refractivity contribution in [1.82, 2.24) is 5.43 Å². The lowest BCUT2D eigenvalue weighted by Crippen LogP contribution is -2.50. The molecule has 2 aromatic rings. The van der Waals surface area contributed by atoms with Crippen LogP contribution in [0.3, 0.4) is 0 Å². The van der Waals surface area contributed by atoms with Crippen molar-refractivity contribution in [3.05, 3.63) is 77.1 Å². The average Bonchev–Trinajstić information content (AvgIpc) is 3.42. The molecule has 5 rings (SSSR count). The average molecular weight is 474 g/mol. The third-order valence-corrected chi connectivity index (χ3v) is 6.52. The van der Waals surface area contributed by atoms with Gasteiger partial charge in [0.2, 0.25) is 0 Å². The molecule has 0 aromatic heterocycles. The highest BCUT2D eigenvalue weighted by Gasteiger charge is 2.40. The molecule has 3 aliphatic rings. The van der Waals surface area contributed by atoms with Crippen molar-refractivity contribution in [3.8, 4) is 5.75 Å². The van der Waals surface area contributed by atoms with Gasteiger partial charge in [0, 0.05) is 12.0 Å². The molecule has 2 aromatic carbocycles. The van der Waals surface area contributed by atoms with Crippen LogP contribution in [0.15, 0.2) is 64.8 Å². The third-order valence-electron chi connectivity index (χ3n) is 6.52. The Morgan fingerprint density at radius 2 is 2.00 bits per heavy atom. The maximum Gasteiger partial charge on any atom is 0.335 e. The molecule has 1 heterocycles. The molecule has 0 spiro atoms. The van der Waals surface area contributed by atoms with Crippen molar-refractivity contribution in [2.75, 3.05) is 5.01 Å². The predicted molar refractivity (Wildman–Crippen MR) is 130 cm³/mol. The van der Waals surface area contributed by atoms with E-state index in [2.05, 4.69) is 15.6 Å². The number of phenols is 1. The van der Waals surface area contributed by atoms with Gasteiger partial charge in [-0.15, -0.1) is 0 Å². The van der Waals surface area contributed by atoms with Crippen molar-refractivity contribution >= 4 is 34.6 Å². The molecule has 2 aliphatic carbocycles. The smallest absolute Gasteiger partial charge is 0.335 e. The Bertz CT molecular complexity index is 1380. The van der Waals surface area contributed by atoms with E-state index in [-0.39, 0.29) is 23.4 Å². The van der Waals surface area contributed by atoms with Gasteiger partial charge in [-0.1, -0.05) is 18.2 Å². The van der Waals surface area contributed by atoms with Crippen LogP contribution in [0.5, 0.6) is 5.75 Å². The zero-order valence-corrected chi connectivity index (χ0v) is 19.0. The topological polar surface area (TPSA) is 115 Å². The number of fused-ring (bicyclic) bond motifs is 1. The Morgan fingerprint density at radius 3 is 2.80 bits per heavy atom. The number of hydrogen-bond acceptors (Lipinski definition) is 6. The van der Waals surface area contributed by atoms with Crippen LogP contribution in [0.1, 0.15) is 36.5 Å². The van der Waals surface area contributed by atoms with Crippen molar-refractivity contribution in [2.24, 2.45) is 10.2 Å². The Balaban J connectivity index is 1.40. The lowest BCUT2D eigenvalue weighted by molar-refractivity contribution is -0.142. The second-order valence-electron chi connectivity index (χ2n) is 8.85. The number of carboxylic acids is 1. The molecule has 35 heavy (non-hydrogen) atoms. The van der Waals surface area contributed by atoms with E-state index in [9.17, 15) is 24.2 Å². The largest absolute Gasteiger partial charge is 0.507 e. The molecule has 0 saturated carbocycles. The molecule has 3 N–H and O–H groups in total. The van der Waals surface area contributed by atoms with Crippen LogP contribution in [0.4, 0.5) is 10.1 Å². The van der Waals surface area contributed by atoms with Gasteiger partial charge in [0.1, 0.15) is 11.6 Å². The van der Waals surface area contributed by atoms with Crippen molar-refractivity contribution in [3.63, 3.8) is 0 Å². The number of aromatic hydroxyl groups is 1. The quantitative estimate of drug-likeness (QED) is 0.574. The highest BCUT2D eigenvalue weighted by atomic mass is 19.1. The monoisotopic (exact) mass is 474 g/mol. The first-order valence-corrected chi connectivity index (χ1v) is 11.2. The summed E-state index contributed by atoms with van der Waals surface area (Å²) in [6, 6.07) is 9.28. The standard InChI is InChI=1S/C26H23FN4O4/c1-15-23(24(33)31(29-15)20-9-7-16-4-2-5-17(16)12-20)28-30-26(25(34)35)11-3-6-18(14-26)21-13-19(27)8-10-22(21)32/h3,6-13,30,32H,2,4-5,14H2,1H3,(H,34,35). The number of aliphatic carboxylic acids is 1. The molecule has 0 saturated heterocycles. The van der Waals surface area contributed by atoms with Gasteiger partial charge in [-0.05, 0) is 79.3 Å². The van der Waals surface area contributed by atoms with E-state index in [1.165, 1.54) is 34.4 Å². The third kappa shape index (κ3) is 3.99. The zero-order valence-electron chi connectivity index (χ0n) is 19.0. The van der Waals surface area contributed by atoms with Crippen molar-refractivity contribution in [2.45, 2.75) is 38.1 Å². The van der Waals surface area contributed by atoms with Gasteiger partial charge in [0.25, 0.3) is 0 Å². The van der Waals surface area contributed by atoms with Crippen LogP contribution < -0.4 is 10.4 Å². The minimum atomic E-state index is -1.71. The summed E-state index contributed by atoms with van der Waals surface area (Å²) in [6.07, 6.45) is 7.44. The summed E-state index contributed by atoms with van der Waals surface area (Å²) in [5.74, 6) is -2.43. The SMILES string of the molecule is CC1=NN(c2ccc3c(c2)CCC3)C(=O)C1=NNC1(C(=O)O)C=CC=C(c2cc(F)ccc2O)C1. The van der Waals surface area contributed by atoms with E-state index >= 15 is 0 Å². The molecule has 178 valence electrons. The number of benzene rings is 2. The summed E-state index contributed by atoms with van der Waals surface area (Å²) in [4.78, 5) is 25.4. The number of carboxylic acid groups (broad SMARTS) is 1. The number of carbonyl (C=O) groups is 2. The van der Waals surface area contributed by atoms with Crippen LogP contribution in [0, 0.1) is 5.82 Å². The van der Waals surface area contributed by atoms with Gasteiger partial charge >= 0.3 is 11.9 Å². The number of anilines is 1. The summed E-state index contributed by atoms with van der Waals surface area (Å²) >= 11 is 0. The first-order chi connectivity index (χ1) is 16.8. The second-order valence-corrected chi connectivity index (χ2v) is 8.85. The maximum absolute atomic E-state index is 13.8. The van der Waals surface area contributed by atoms with Gasteiger partial charge in [0.05, 0.1) is 11.4 Å². The number of phenolic OH excluding ortho intramolecular Hbond substituents is 1. The Kier molecular flexibility index (Phi) is 5.47. The van der Waals surface area contributed by atoms with Crippen LogP contribution in [0.2, 0.25) is 0 Å². The molecule has 0 fully saturated rings. The highest BCUT2D eigenvalue weighted by Crippen LogP contribution is 2.35. The fraction of sp³-hybridized carbons (Fsp3) is 0.231. The van der Waals surface area contributed by atoms with Gasteiger partial charge in [0.15, 0.2) is 11.3 Å². The molecule has 0 radical (unpaired) electrons. The number of halogens is 1. The van der Waals surface area contributed by atoms with Gasteiger partial charge in [-0.25, -0.2) is 9.18 Å². The van der Waals surface area contributed by atoms with Crippen LogP contribution in [0.25, 0.3) is 5.57 Å². The van der Waals surface area contributed by atoms with Crippen LogP contribution >= 0.6 is 0 Å². The van der Waals surface area contributed by atoms with E-state index in [4.69, 9.17) is 0 Å². The molecule has 1 aliphatic heterocycles. The Morgan fingerprint density at radius 1 is 1.20 bits per heavy atom. The van der Waals surface area contributed by atoms with Crippen LogP contribution in [-0.2, 0) is 22.4 Å². The zero-order chi connectivity index (χ0) is 24.7. The van der Waals surface area contributed by atoms with Gasteiger partial charge in [-0.3, -0.25) is 10.2 Å². The molecule has 9 heteroatoms. The first kappa shape index (κ1) is 22.5. The molecule has 0 bridgehead atoms. The highest BCUT2D eigenvalue weighted by molar-refractivity contribution is 6.71. The fourth-order valence-corrected chi connectivity index (χ4v) is 4.62. The van der Waals surface area contributed by atoms with Crippen LogP contribution in [-0.4, -0.2) is 39.1 Å². The minimum Gasteiger partial charge on any atom is -0.507 e. The molecular formula is C26H23FN4O4. The van der Waals surface area contributed by atoms with Crippen molar-refractivity contribution < 1.29 is 24.2 Å². The summed E-state index contributed by atoms with van der Waals surface area (Å²) in [5, 5.41) is 30.0. The molecule has 1 amide bonds. The minimum absolute atomic E-state index is 0.00392. The number of nitrogens with one attached hydrogen (secondary N) is 1. The second kappa shape index (κ2) is 8.50. The summed E-state index contributed by atoms with van der Waals surface area (Å²) in [5.41, 5.74) is 4.99. The van der Waals surface area contributed by atoms with E-state index in [1.54, 1.807) is 13.0 Å². The van der Waals surface area contributed by atoms with E-state index in [0.717, 1.165) is 31.4 Å². The number of amides is 1. The summed E-state index contributed by atoms with van der Waals surface area (Å²) in [6.45, 7) is 1.63. The summed E-state index contributed by atoms with van der Waals surface area (Å²) in [7, 11) is 0. The normalized spacial score (nSPS) is 22.3. The maximum atomic E-state index is 13.8. The summed E-state index contributed by atoms with van der Waals surface area (Å²) < 4.78 is 13.8. The van der Waals surface area contributed by atoms with Gasteiger partial charge in [-0.2, -0.15) is 15.2 Å². The number of hydrazone groups is 2. The van der Waals surface area contributed by atoms with E-state index in [1.807, 2.05) is 18.2 Å². The van der Waals surface area contributed by atoms with E-state index in [0.29, 0.717) is 17.0 Å². The number of hydrogen-bond donors (Lipinski definition) is 3. The predicted octanol–water partition coefficient (Wildman–Crippen LogP) is 3.56. The molecule has 1 atom stereocenters. The van der Waals surface area contributed by atoms with Gasteiger partial charge < -0.3 is 10.2 Å². The number of carbonyl (C=O) groups excluding carboxylic acids is 1. The van der Waals surface area contributed by atoms with E-state index < -0.39 is 23.2 Å². The van der Waals surface area contributed by atoms with Crippen molar-refractivity contribution in [1.29, 1.82) is 0 Å². The molecule has 1 unspecified atom stereocenters. The number of allylic oxidation sites excluding steroid dienone is 2. The first-order valence-electron chi connectivity index (χ1n) is 11.2. The number of aryl methyl sites for hydroxylation is 2. The molecular weight excluding hydrogens is 451 g/mol.